The average Bonchev–Trinajstić information content (AvgIpc) is 3.11. The SMILES string of the molecule is COC1CN(CCC(N)C2CC2)CCC1C. The van der Waals surface area contributed by atoms with Gasteiger partial charge in [0.25, 0.3) is 0 Å². The Labute approximate surface area is 99.3 Å². The van der Waals surface area contributed by atoms with E-state index in [1.54, 1.807) is 0 Å². The highest BCUT2D eigenvalue weighted by Crippen LogP contribution is 2.33. The number of nitrogens with two attached hydrogens (primary N) is 1. The van der Waals surface area contributed by atoms with E-state index in [2.05, 4.69) is 11.8 Å². The third-order valence-corrected chi connectivity index (χ3v) is 4.28. The van der Waals surface area contributed by atoms with Gasteiger partial charge >= 0.3 is 0 Å². The smallest absolute Gasteiger partial charge is 0.0724 e. The lowest BCUT2D eigenvalue weighted by molar-refractivity contribution is -0.00567. The van der Waals surface area contributed by atoms with E-state index >= 15 is 0 Å². The Bertz CT molecular complexity index is 218. The highest BCUT2D eigenvalue weighted by atomic mass is 16.5. The number of methoxy groups -OCH3 is 1. The van der Waals surface area contributed by atoms with Crippen molar-refractivity contribution in [1.82, 2.24) is 4.90 Å². The molecular formula is C13H26N2O. The van der Waals surface area contributed by atoms with Crippen molar-refractivity contribution >= 4 is 0 Å². The molecule has 0 aromatic rings. The van der Waals surface area contributed by atoms with Crippen LogP contribution in [0.1, 0.15) is 32.6 Å². The average molecular weight is 226 g/mol. The molecule has 0 bridgehead atoms. The van der Waals surface area contributed by atoms with E-state index in [0.29, 0.717) is 18.1 Å². The zero-order valence-electron chi connectivity index (χ0n) is 10.7. The minimum atomic E-state index is 0.422. The summed E-state index contributed by atoms with van der Waals surface area (Å²) in [6, 6.07) is 0.445. The van der Waals surface area contributed by atoms with Crippen LogP contribution < -0.4 is 5.73 Å². The molecule has 1 heterocycles. The Hall–Kier alpha value is -0.120. The van der Waals surface area contributed by atoms with Gasteiger partial charge in [0.2, 0.25) is 0 Å². The van der Waals surface area contributed by atoms with Crippen molar-refractivity contribution in [2.75, 3.05) is 26.7 Å². The standard InChI is InChI=1S/C13H26N2O/c1-10-5-7-15(9-13(10)16-2)8-6-12(14)11-3-4-11/h10-13H,3-9,14H2,1-2H3. The van der Waals surface area contributed by atoms with Crippen LogP contribution in [0.25, 0.3) is 0 Å². The zero-order valence-corrected chi connectivity index (χ0v) is 10.7. The lowest BCUT2D eigenvalue weighted by Gasteiger charge is -2.36. The molecule has 2 N–H and O–H groups in total. The van der Waals surface area contributed by atoms with Crippen LogP contribution in [0.3, 0.4) is 0 Å². The Morgan fingerprint density at radius 2 is 2.12 bits per heavy atom. The Morgan fingerprint density at radius 1 is 1.38 bits per heavy atom. The molecule has 3 atom stereocenters. The third kappa shape index (κ3) is 3.19. The Balaban J connectivity index is 1.69. The first kappa shape index (κ1) is 12.3. The van der Waals surface area contributed by atoms with E-state index in [4.69, 9.17) is 10.5 Å². The van der Waals surface area contributed by atoms with E-state index in [9.17, 15) is 0 Å². The summed E-state index contributed by atoms with van der Waals surface area (Å²) in [7, 11) is 1.83. The van der Waals surface area contributed by atoms with Crippen LogP contribution in [-0.2, 0) is 4.74 Å². The van der Waals surface area contributed by atoms with Gasteiger partial charge in [-0.25, -0.2) is 0 Å². The molecule has 2 rings (SSSR count). The van der Waals surface area contributed by atoms with Crippen LogP contribution in [0.2, 0.25) is 0 Å². The van der Waals surface area contributed by atoms with Gasteiger partial charge in [-0.3, -0.25) is 0 Å². The summed E-state index contributed by atoms with van der Waals surface area (Å²) < 4.78 is 5.53. The van der Waals surface area contributed by atoms with E-state index in [1.807, 2.05) is 7.11 Å². The van der Waals surface area contributed by atoms with Crippen molar-refractivity contribution in [3.8, 4) is 0 Å². The molecule has 2 aliphatic rings. The van der Waals surface area contributed by atoms with E-state index < -0.39 is 0 Å². The lowest BCUT2D eigenvalue weighted by Crippen LogP contribution is -2.45. The first-order valence-electron chi connectivity index (χ1n) is 6.71. The van der Waals surface area contributed by atoms with Gasteiger partial charge in [-0.2, -0.15) is 0 Å². The molecule has 1 saturated heterocycles. The fraction of sp³-hybridized carbons (Fsp3) is 1.00. The molecule has 2 fully saturated rings. The molecule has 3 unspecified atom stereocenters. The molecule has 3 nitrogen and oxygen atoms in total. The van der Waals surface area contributed by atoms with E-state index in [0.717, 1.165) is 25.4 Å². The molecule has 16 heavy (non-hydrogen) atoms. The number of hydrogen-bond acceptors (Lipinski definition) is 3. The minimum Gasteiger partial charge on any atom is -0.380 e. The maximum Gasteiger partial charge on any atom is 0.0724 e. The van der Waals surface area contributed by atoms with Crippen LogP contribution in [-0.4, -0.2) is 43.8 Å². The number of piperidine rings is 1. The van der Waals surface area contributed by atoms with Crippen LogP contribution in [0.5, 0.6) is 0 Å². The predicted octanol–water partition coefficient (Wildman–Crippen LogP) is 1.47. The Kier molecular flexibility index (Phi) is 4.22. The van der Waals surface area contributed by atoms with Crippen LogP contribution >= 0.6 is 0 Å². The van der Waals surface area contributed by atoms with Gasteiger partial charge in [0.1, 0.15) is 0 Å². The van der Waals surface area contributed by atoms with Gasteiger partial charge in [-0.05, 0) is 50.6 Å². The quantitative estimate of drug-likeness (QED) is 0.771. The summed E-state index contributed by atoms with van der Waals surface area (Å²) in [5.41, 5.74) is 6.13. The van der Waals surface area contributed by atoms with Gasteiger partial charge in [0, 0.05) is 19.7 Å². The Morgan fingerprint density at radius 3 is 2.75 bits per heavy atom. The predicted molar refractivity (Wildman–Crippen MR) is 66.3 cm³/mol. The summed E-state index contributed by atoms with van der Waals surface area (Å²) in [5.74, 6) is 1.54. The number of rotatable bonds is 5. The molecule has 0 aromatic carbocycles. The van der Waals surface area contributed by atoms with Crippen molar-refractivity contribution < 1.29 is 4.74 Å². The summed E-state index contributed by atoms with van der Waals surface area (Å²) in [5, 5.41) is 0. The molecule has 1 aliphatic heterocycles. The fourth-order valence-electron chi connectivity index (χ4n) is 2.70. The van der Waals surface area contributed by atoms with Crippen molar-refractivity contribution in [3.05, 3.63) is 0 Å². The number of ether oxygens (including phenoxy) is 1. The first-order chi connectivity index (χ1) is 7.70. The van der Waals surface area contributed by atoms with Crippen LogP contribution in [0.15, 0.2) is 0 Å². The third-order valence-electron chi connectivity index (χ3n) is 4.28. The maximum atomic E-state index is 6.13. The normalized spacial score (nSPS) is 33.9. The molecule has 94 valence electrons. The number of hydrogen-bond donors (Lipinski definition) is 1. The van der Waals surface area contributed by atoms with Crippen molar-refractivity contribution in [2.24, 2.45) is 17.6 Å². The number of likely N-dealkylation sites (tertiary alicyclic amines) is 1. The lowest BCUT2D eigenvalue weighted by atomic mass is 9.95. The summed E-state index contributed by atoms with van der Waals surface area (Å²) >= 11 is 0. The summed E-state index contributed by atoms with van der Waals surface area (Å²) in [6.45, 7) is 5.76. The van der Waals surface area contributed by atoms with Crippen LogP contribution in [0, 0.1) is 11.8 Å². The van der Waals surface area contributed by atoms with E-state index in [-0.39, 0.29) is 0 Å². The zero-order chi connectivity index (χ0) is 11.5. The minimum absolute atomic E-state index is 0.422. The molecule has 0 aromatic heterocycles. The molecule has 3 heteroatoms. The maximum absolute atomic E-state index is 6.13. The van der Waals surface area contributed by atoms with Gasteiger partial charge in [0.05, 0.1) is 6.10 Å². The molecular weight excluding hydrogens is 200 g/mol. The second kappa shape index (κ2) is 5.48. The molecule has 0 amide bonds. The van der Waals surface area contributed by atoms with E-state index in [1.165, 1.54) is 25.8 Å². The van der Waals surface area contributed by atoms with Crippen molar-refractivity contribution in [2.45, 2.75) is 44.8 Å². The summed E-state index contributed by atoms with van der Waals surface area (Å²) in [4.78, 5) is 2.52. The van der Waals surface area contributed by atoms with Crippen LogP contribution in [0.4, 0.5) is 0 Å². The molecule has 0 radical (unpaired) electrons. The number of nitrogens with zero attached hydrogens (tertiary/aromatic N) is 1. The van der Waals surface area contributed by atoms with Gasteiger partial charge in [0.15, 0.2) is 0 Å². The topological polar surface area (TPSA) is 38.5 Å². The molecule has 1 saturated carbocycles. The van der Waals surface area contributed by atoms with Crippen molar-refractivity contribution in [3.63, 3.8) is 0 Å². The molecule has 1 aliphatic carbocycles. The summed E-state index contributed by atoms with van der Waals surface area (Å²) in [6.07, 6.45) is 5.57. The second-order valence-corrected chi connectivity index (χ2v) is 5.63. The van der Waals surface area contributed by atoms with Crippen molar-refractivity contribution in [1.29, 1.82) is 0 Å². The van der Waals surface area contributed by atoms with Gasteiger partial charge in [-0.15, -0.1) is 0 Å². The molecule has 0 spiro atoms. The largest absolute Gasteiger partial charge is 0.380 e. The highest BCUT2D eigenvalue weighted by Gasteiger charge is 2.30. The van der Waals surface area contributed by atoms with Gasteiger partial charge < -0.3 is 15.4 Å². The highest BCUT2D eigenvalue weighted by molar-refractivity contribution is 4.85. The second-order valence-electron chi connectivity index (χ2n) is 5.63. The fourth-order valence-corrected chi connectivity index (χ4v) is 2.70. The first-order valence-corrected chi connectivity index (χ1v) is 6.71. The van der Waals surface area contributed by atoms with Gasteiger partial charge in [-0.1, -0.05) is 6.92 Å². The monoisotopic (exact) mass is 226 g/mol.